The molecule has 1 heterocycles. The van der Waals surface area contributed by atoms with Gasteiger partial charge in [0.2, 0.25) is 0 Å². The number of phenols is 1. The lowest BCUT2D eigenvalue weighted by Gasteiger charge is -2.26. The predicted molar refractivity (Wildman–Crippen MR) is 136 cm³/mol. The van der Waals surface area contributed by atoms with Crippen molar-refractivity contribution in [2.24, 2.45) is 0 Å². The molecule has 3 aromatic rings. The van der Waals surface area contributed by atoms with Crippen LogP contribution in [0.2, 0.25) is 0 Å². The van der Waals surface area contributed by atoms with Gasteiger partial charge in [-0.05, 0) is 66.8 Å². The zero-order valence-corrected chi connectivity index (χ0v) is 20.3. The Morgan fingerprint density at radius 3 is 2.40 bits per heavy atom. The summed E-state index contributed by atoms with van der Waals surface area (Å²) in [5.74, 6) is -1.18. The van der Waals surface area contributed by atoms with Gasteiger partial charge in [-0.25, -0.2) is 0 Å². The summed E-state index contributed by atoms with van der Waals surface area (Å²) in [6.45, 7) is 8.28. The smallest absolute Gasteiger partial charge is 0.300 e. The van der Waals surface area contributed by atoms with Crippen LogP contribution in [0.1, 0.15) is 55.0 Å². The number of ketones is 1. The molecular formula is C29H29NO5. The van der Waals surface area contributed by atoms with Gasteiger partial charge in [-0.2, -0.15) is 0 Å². The van der Waals surface area contributed by atoms with E-state index in [1.54, 1.807) is 54.6 Å². The Balaban J connectivity index is 1.95. The number of benzene rings is 3. The molecule has 0 radical (unpaired) electrons. The maximum Gasteiger partial charge on any atom is 0.300 e. The number of aromatic hydroxyl groups is 1. The fourth-order valence-corrected chi connectivity index (χ4v) is 4.45. The molecule has 0 bridgehead atoms. The van der Waals surface area contributed by atoms with Crippen LogP contribution in [0.4, 0.5) is 5.69 Å². The van der Waals surface area contributed by atoms with E-state index in [9.17, 15) is 19.8 Å². The largest absolute Gasteiger partial charge is 0.507 e. The lowest BCUT2D eigenvalue weighted by molar-refractivity contribution is -0.132. The summed E-state index contributed by atoms with van der Waals surface area (Å²) in [6, 6.07) is 18.3. The molecule has 0 aliphatic carbocycles. The number of nitrogens with zero attached hydrogens (tertiary/aromatic N) is 1. The Bertz CT molecular complexity index is 1310. The number of hydrogen-bond donors (Lipinski definition) is 2. The highest BCUT2D eigenvalue weighted by Gasteiger charge is 2.47. The number of carbonyl (C=O) groups excluding carboxylic acids is 2. The molecule has 0 spiro atoms. The van der Waals surface area contributed by atoms with E-state index in [0.717, 1.165) is 11.1 Å². The SMILES string of the molecule is CCOc1ccc(/C(O)=C2/C(=O)C(=O)N(c3cc(C)ccc3O)C2c2ccccc2)cc1C(C)C. The maximum atomic E-state index is 13.4. The fourth-order valence-electron chi connectivity index (χ4n) is 4.45. The lowest BCUT2D eigenvalue weighted by Crippen LogP contribution is -2.29. The quantitative estimate of drug-likeness (QED) is 0.268. The number of hydrogen-bond acceptors (Lipinski definition) is 5. The zero-order valence-electron chi connectivity index (χ0n) is 20.3. The first-order chi connectivity index (χ1) is 16.7. The topological polar surface area (TPSA) is 87.1 Å². The van der Waals surface area contributed by atoms with E-state index in [1.165, 1.54) is 11.0 Å². The molecule has 6 heteroatoms. The first kappa shape index (κ1) is 24.1. The number of ether oxygens (including phenoxy) is 1. The molecule has 6 nitrogen and oxygen atoms in total. The van der Waals surface area contributed by atoms with Crippen LogP contribution >= 0.6 is 0 Å². The molecule has 1 atom stereocenters. The van der Waals surface area contributed by atoms with Crippen molar-refractivity contribution in [3.63, 3.8) is 0 Å². The minimum atomic E-state index is -0.905. The third-order valence-electron chi connectivity index (χ3n) is 6.16. The highest BCUT2D eigenvalue weighted by atomic mass is 16.5. The van der Waals surface area contributed by atoms with Gasteiger partial charge < -0.3 is 14.9 Å². The van der Waals surface area contributed by atoms with Gasteiger partial charge in [0.1, 0.15) is 17.3 Å². The molecular weight excluding hydrogens is 442 g/mol. The molecule has 180 valence electrons. The van der Waals surface area contributed by atoms with Crippen LogP contribution in [0.3, 0.4) is 0 Å². The lowest BCUT2D eigenvalue weighted by atomic mass is 9.93. The van der Waals surface area contributed by atoms with E-state index in [4.69, 9.17) is 4.74 Å². The first-order valence-electron chi connectivity index (χ1n) is 11.7. The fraction of sp³-hybridized carbons (Fsp3) is 0.241. The van der Waals surface area contributed by atoms with Crippen molar-refractivity contribution in [2.75, 3.05) is 11.5 Å². The predicted octanol–water partition coefficient (Wildman–Crippen LogP) is 5.85. The Kier molecular flexibility index (Phi) is 6.65. The molecule has 2 N–H and O–H groups in total. The number of anilines is 1. The molecule has 0 aromatic heterocycles. The molecule has 1 unspecified atom stereocenters. The Morgan fingerprint density at radius 2 is 1.74 bits per heavy atom. The molecule has 35 heavy (non-hydrogen) atoms. The van der Waals surface area contributed by atoms with Crippen molar-refractivity contribution in [3.8, 4) is 11.5 Å². The normalized spacial score (nSPS) is 17.3. The summed E-state index contributed by atoms with van der Waals surface area (Å²) in [7, 11) is 0. The molecule has 1 amide bonds. The van der Waals surface area contributed by atoms with E-state index >= 15 is 0 Å². The summed E-state index contributed by atoms with van der Waals surface area (Å²) in [5.41, 5.74) is 2.96. The number of phenolic OH excluding ortho intramolecular Hbond substituents is 1. The van der Waals surface area contributed by atoms with Crippen LogP contribution in [0.5, 0.6) is 11.5 Å². The van der Waals surface area contributed by atoms with E-state index in [-0.39, 0.29) is 28.7 Å². The number of carbonyl (C=O) groups is 2. The Labute approximate surface area is 205 Å². The van der Waals surface area contributed by atoms with Crippen molar-refractivity contribution < 1.29 is 24.5 Å². The third kappa shape index (κ3) is 4.39. The van der Waals surface area contributed by atoms with Crippen molar-refractivity contribution in [3.05, 3.63) is 94.6 Å². The molecule has 1 aliphatic heterocycles. The molecule has 3 aromatic carbocycles. The second-order valence-electron chi connectivity index (χ2n) is 8.91. The van der Waals surface area contributed by atoms with Gasteiger partial charge in [0, 0.05) is 5.56 Å². The van der Waals surface area contributed by atoms with Crippen molar-refractivity contribution in [2.45, 2.75) is 39.7 Å². The number of aryl methyl sites for hydroxylation is 1. The standard InChI is InChI=1S/C29H29NO5/c1-5-35-24-14-12-20(16-21(24)17(2)3)27(32)25-26(19-9-7-6-8-10-19)30(29(34)28(25)33)22-15-18(4)11-13-23(22)31/h6-17,26,31-32H,5H2,1-4H3/b27-25-. The minimum Gasteiger partial charge on any atom is -0.507 e. The van der Waals surface area contributed by atoms with Gasteiger partial charge >= 0.3 is 0 Å². The van der Waals surface area contributed by atoms with Crippen LogP contribution < -0.4 is 9.64 Å². The van der Waals surface area contributed by atoms with Crippen LogP contribution in [0.25, 0.3) is 5.76 Å². The molecule has 1 saturated heterocycles. The number of aliphatic hydroxyl groups excluding tert-OH is 1. The number of rotatable bonds is 6. The summed E-state index contributed by atoms with van der Waals surface area (Å²) < 4.78 is 5.73. The van der Waals surface area contributed by atoms with Crippen LogP contribution in [0, 0.1) is 6.92 Å². The highest BCUT2D eigenvalue weighted by molar-refractivity contribution is 6.51. The average molecular weight is 472 g/mol. The summed E-state index contributed by atoms with van der Waals surface area (Å²) >= 11 is 0. The molecule has 4 rings (SSSR count). The van der Waals surface area contributed by atoms with Gasteiger partial charge in [-0.3, -0.25) is 14.5 Å². The van der Waals surface area contributed by atoms with E-state index in [2.05, 4.69) is 0 Å². The maximum absolute atomic E-state index is 13.4. The van der Waals surface area contributed by atoms with Gasteiger partial charge in [-0.15, -0.1) is 0 Å². The molecule has 0 saturated carbocycles. The van der Waals surface area contributed by atoms with E-state index < -0.39 is 17.7 Å². The number of aliphatic hydroxyl groups is 1. The van der Waals surface area contributed by atoms with Crippen LogP contribution in [-0.4, -0.2) is 28.5 Å². The number of amides is 1. The first-order valence-corrected chi connectivity index (χ1v) is 11.7. The van der Waals surface area contributed by atoms with Crippen molar-refractivity contribution in [1.82, 2.24) is 0 Å². The van der Waals surface area contributed by atoms with Gasteiger partial charge in [0.15, 0.2) is 0 Å². The van der Waals surface area contributed by atoms with Gasteiger partial charge in [0.25, 0.3) is 11.7 Å². The second-order valence-corrected chi connectivity index (χ2v) is 8.91. The monoisotopic (exact) mass is 471 g/mol. The van der Waals surface area contributed by atoms with Crippen LogP contribution in [0.15, 0.2) is 72.3 Å². The highest BCUT2D eigenvalue weighted by Crippen LogP contribution is 2.45. The van der Waals surface area contributed by atoms with Gasteiger partial charge in [0.05, 0.1) is 23.9 Å². The summed E-state index contributed by atoms with van der Waals surface area (Å²) in [4.78, 5) is 27.9. The van der Waals surface area contributed by atoms with Crippen molar-refractivity contribution in [1.29, 1.82) is 0 Å². The second kappa shape index (κ2) is 9.66. The molecule has 1 fully saturated rings. The van der Waals surface area contributed by atoms with E-state index in [0.29, 0.717) is 23.5 Å². The average Bonchev–Trinajstić information content (AvgIpc) is 3.11. The minimum absolute atomic E-state index is 0.0269. The van der Waals surface area contributed by atoms with Gasteiger partial charge in [-0.1, -0.05) is 50.2 Å². The zero-order chi connectivity index (χ0) is 25.3. The Hall–Kier alpha value is -4.06. The van der Waals surface area contributed by atoms with E-state index in [1.807, 2.05) is 33.8 Å². The summed E-state index contributed by atoms with van der Waals surface area (Å²) in [6.07, 6.45) is 0. The summed E-state index contributed by atoms with van der Waals surface area (Å²) in [5, 5.41) is 22.0. The Morgan fingerprint density at radius 1 is 1.03 bits per heavy atom. The molecule has 1 aliphatic rings. The van der Waals surface area contributed by atoms with Crippen LogP contribution in [-0.2, 0) is 9.59 Å². The van der Waals surface area contributed by atoms with Crippen molar-refractivity contribution >= 4 is 23.1 Å². The third-order valence-corrected chi connectivity index (χ3v) is 6.16. The number of Topliss-reactive ketones (excluding diaryl/α,β-unsaturated/α-hetero) is 1.